The molecule has 0 radical (unpaired) electrons. The average molecular weight is 457 g/mol. The minimum atomic E-state index is -0.927. The van der Waals surface area contributed by atoms with Gasteiger partial charge in [0.2, 0.25) is 0 Å². The predicted octanol–water partition coefficient (Wildman–Crippen LogP) is 2.46. The average Bonchev–Trinajstić information content (AvgIpc) is 3.49. The number of fused-ring (bicyclic) bond motifs is 2. The molecule has 11 nitrogen and oxygen atoms in total. The van der Waals surface area contributed by atoms with Crippen molar-refractivity contribution in [2.45, 2.75) is 18.4 Å². The fourth-order valence-corrected chi connectivity index (χ4v) is 4.37. The van der Waals surface area contributed by atoms with Gasteiger partial charge >= 0.3 is 0 Å². The molecule has 172 valence electrons. The molecule has 0 saturated carbocycles. The van der Waals surface area contributed by atoms with Crippen LogP contribution in [0.25, 0.3) is 11.2 Å². The van der Waals surface area contributed by atoms with Crippen molar-refractivity contribution in [2.24, 2.45) is 0 Å². The van der Waals surface area contributed by atoms with Crippen LogP contribution in [0.3, 0.4) is 0 Å². The van der Waals surface area contributed by atoms with Gasteiger partial charge < -0.3 is 26.2 Å². The van der Waals surface area contributed by atoms with Gasteiger partial charge in [-0.15, -0.1) is 0 Å². The van der Waals surface area contributed by atoms with Gasteiger partial charge in [-0.3, -0.25) is 0 Å². The van der Waals surface area contributed by atoms with Gasteiger partial charge in [-0.25, -0.2) is 19.0 Å². The smallest absolute Gasteiger partial charge is 0.158 e. The quantitative estimate of drug-likeness (QED) is 0.293. The minimum absolute atomic E-state index is 0.462. The van der Waals surface area contributed by atoms with Crippen molar-refractivity contribution in [3.05, 3.63) is 67.0 Å². The molecule has 6 rings (SSSR count). The highest BCUT2D eigenvalue weighted by molar-refractivity contribution is 5.79. The van der Waals surface area contributed by atoms with Crippen molar-refractivity contribution in [1.82, 2.24) is 34.5 Å². The highest BCUT2D eigenvalue weighted by Gasteiger charge is 2.34. The first-order chi connectivity index (χ1) is 16.6. The number of aromatic nitrogens is 6. The Hall–Kier alpha value is -4.22. The third kappa shape index (κ3) is 3.56. The monoisotopic (exact) mass is 457 g/mol. The Morgan fingerprint density at radius 3 is 2.65 bits per heavy atom. The summed E-state index contributed by atoms with van der Waals surface area (Å²) in [4.78, 5) is 8.61. The molecule has 11 heteroatoms. The summed E-state index contributed by atoms with van der Waals surface area (Å²) in [7, 11) is 0. The third-order valence-corrected chi connectivity index (χ3v) is 6.14. The van der Waals surface area contributed by atoms with E-state index in [0.29, 0.717) is 41.5 Å². The molecule has 4 aromatic heterocycles. The maximum absolute atomic E-state index is 11.3. The number of piperidine rings is 1. The van der Waals surface area contributed by atoms with Gasteiger partial charge in [0, 0.05) is 29.7 Å². The van der Waals surface area contributed by atoms with Crippen molar-refractivity contribution in [2.75, 3.05) is 24.1 Å². The molecule has 1 aromatic carbocycles. The lowest BCUT2D eigenvalue weighted by Crippen LogP contribution is -2.39. The molecule has 0 amide bonds. The van der Waals surface area contributed by atoms with Crippen LogP contribution in [0.5, 0.6) is 11.5 Å². The molecule has 1 aliphatic heterocycles. The van der Waals surface area contributed by atoms with Gasteiger partial charge in [-0.1, -0.05) is 0 Å². The number of nitrogen functional groups attached to an aromatic ring is 1. The molecular formula is C23H23N9O2. The number of nitrogens with one attached hydrogen (secondary N) is 2. The molecule has 34 heavy (non-hydrogen) atoms. The second-order valence-electron chi connectivity index (χ2n) is 8.32. The minimum Gasteiger partial charge on any atom is -0.455 e. The van der Waals surface area contributed by atoms with Crippen LogP contribution in [0.2, 0.25) is 0 Å². The van der Waals surface area contributed by atoms with Crippen LogP contribution in [0.4, 0.5) is 17.2 Å². The number of aliphatic hydroxyl groups is 1. The zero-order valence-electron chi connectivity index (χ0n) is 18.2. The van der Waals surface area contributed by atoms with Crippen LogP contribution in [0, 0.1) is 0 Å². The summed E-state index contributed by atoms with van der Waals surface area (Å²) in [5, 5.41) is 26.3. The van der Waals surface area contributed by atoms with Crippen molar-refractivity contribution in [3.8, 4) is 11.5 Å². The van der Waals surface area contributed by atoms with Crippen molar-refractivity contribution >= 4 is 28.4 Å². The first kappa shape index (κ1) is 20.4. The number of hydrogen-bond donors (Lipinski definition) is 4. The zero-order chi connectivity index (χ0) is 23.1. The van der Waals surface area contributed by atoms with Crippen LogP contribution >= 0.6 is 0 Å². The van der Waals surface area contributed by atoms with Gasteiger partial charge in [0.1, 0.15) is 29.7 Å². The van der Waals surface area contributed by atoms with E-state index in [0.717, 1.165) is 29.9 Å². The summed E-state index contributed by atoms with van der Waals surface area (Å²) in [5.41, 5.74) is 8.80. The second kappa shape index (κ2) is 7.97. The standard InChI is InChI=1S/C23H23N9O2/c24-18-11-15(1-2-19(18)34-16-3-9-31-20(12-16)26-13-28-31)30-22-21-17(4-10-32(21)29-14-27-22)23(33)5-7-25-8-6-23/h1-4,9-14,25,33H,5-8,24H2,(H,27,29,30). The Balaban J connectivity index is 1.29. The van der Waals surface area contributed by atoms with Crippen LogP contribution in [0.15, 0.2) is 61.4 Å². The van der Waals surface area contributed by atoms with Gasteiger partial charge in [-0.2, -0.15) is 10.2 Å². The zero-order valence-corrected chi connectivity index (χ0v) is 18.2. The second-order valence-corrected chi connectivity index (χ2v) is 8.32. The SMILES string of the molecule is Nc1cc(Nc2ncnn3ccc(C4(O)CCNCC4)c23)ccc1Oc1ccn2ncnc2c1. The van der Waals surface area contributed by atoms with Crippen LogP contribution in [-0.4, -0.2) is 47.4 Å². The maximum Gasteiger partial charge on any atom is 0.158 e. The number of pyridine rings is 1. The molecule has 0 atom stereocenters. The Morgan fingerprint density at radius 2 is 1.79 bits per heavy atom. The molecule has 0 aliphatic carbocycles. The third-order valence-electron chi connectivity index (χ3n) is 6.14. The number of anilines is 3. The fraction of sp³-hybridized carbons (Fsp3) is 0.217. The first-order valence-electron chi connectivity index (χ1n) is 11.0. The van der Waals surface area contributed by atoms with Gasteiger partial charge in [0.05, 0.1) is 11.3 Å². The highest BCUT2D eigenvalue weighted by Crippen LogP contribution is 2.37. The summed E-state index contributed by atoms with van der Waals surface area (Å²) in [5.74, 6) is 1.72. The van der Waals surface area contributed by atoms with Crippen molar-refractivity contribution in [1.29, 1.82) is 0 Å². The Labute approximate surface area is 194 Å². The molecule has 1 saturated heterocycles. The lowest BCUT2D eigenvalue weighted by atomic mass is 9.85. The Bertz CT molecular complexity index is 1490. The summed E-state index contributed by atoms with van der Waals surface area (Å²) < 4.78 is 9.34. The van der Waals surface area contributed by atoms with Crippen LogP contribution in [0.1, 0.15) is 18.4 Å². The lowest BCUT2D eigenvalue weighted by molar-refractivity contribution is 0.00738. The van der Waals surface area contributed by atoms with Crippen molar-refractivity contribution in [3.63, 3.8) is 0 Å². The Morgan fingerprint density at radius 1 is 1.00 bits per heavy atom. The number of ether oxygens (including phenoxy) is 1. The van der Waals surface area contributed by atoms with Gasteiger partial charge in [0.15, 0.2) is 11.5 Å². The van der Waals surface area contributed by atoms with E-state index in [-0.39, 0.29) is 0 Å². The van der Waals surface area contributed by atoms with E-state index in [1.807, 2.05) is 18.3 Å². The molecule has 0 unspecified atom stereocenters. The largest absolute Gasteiger partial charge is 0.455 e. The van der Waals surface area contributed by atoms with Crippen LogP contribution in [-0.2, 0) is 5.60 Å². The number of hydrogen-bond acceptors (Lipinski definition) is 9. The number of benzene rings is 1. The van der Waals surface area contributed by atoms with E-state index in [4.69, 9.17) is 10.5 Å². The molecule has 1 aliphatic rings. The van der Waals surface area contributed by atoms with E-state index in [1.165, 1.54) is 12.7 Å². The molecule has 0 bridgehead atoms. The summed E-state index contributed by atoms with van der Waals surface area (Å²) >= 11 is 0. The molecule has 1 fully saturated rings. The number of nitrogens with zero attached hydrogens (tertiary/aromatic N) is 6. The van der Waals surface area contributed by atoms with E-state index in [2.05, 4.69) is 30.8 Å². The first-order valence-corrected chi connectivity index (χ1v) is 11.0. The molecule has 5 N–H and O–H groups in total. The van der Waals surface area contributed by atoms with Gasteiger partial charge in [-0.05, 0) is 56.3 Å². The molecule has 5 aromatic rings. The number of rotatable bonds is 5. The lowest BCUT2D eigenvalue weighted by Gasteiger charge is -2.32. The Kier molecular flexibility index (Phi) is 4.78. The summed E-state index contributed by atoms with van der Waals surface area (Å²) in [6.45, 7) is 1.51. The van der Waals surface area contributed by atoms with E-state index in [1.54, 1.807) is 39.5 Å². The molecule has 5 heterocycles. The highest BCUT2D eigenvalue weighted by atomic mass is 16.5. The molecule has 0 spiro atoms. The summed E-state index contributed by atoms with van der Waals surface area (Å²) in [6, 6.07) is 10.9. The van der Waals surface area contributed by atoms with E-state index in [9.17, 15) is 5.11 Å². The fourth-order valence-electron chi connectivity index (χ4n) is 4.37. The normalized spacial score (nSPS) is 15.6. The number of nitrogens with two attached hydrogens (primary N) is 1. The van der Waals surface area contributed by atoms with Gasteiger partial charge in [0.25, 0.3) is 0 Å². The van der Waals surface area contributed by atoms with Crippen molar-refractivity contribution < 1.29 is 9.84 Å². The summed E-state index contributed by atoms with van der Waals surface area (Å²) in [6.07, 6.45) is 7.83. The maximum atomic E-state index is 11.3. The van der Waals surface area contributed by atoms with Crippen LogP contribution < -0.4 is 21.1 Å². The van der Waals surface area contributed by atoms with E-state index < -0.39 is 5.60 Å². The van der Waals surface area contributed by atoms with E-state index >= 15 is 0 Å². The topological polar surface area (TPSA) is 140 Å². The molecular weight excluding hydrogens is 434 g/mol. The predicted molar refractivity (Wildman–Crippen MR) is 126 cm³/mol.